The Labute approximate surface area is 145 Å². The van der Waals surface area contributed by atoms with Gasteiger partial charge in [0, 0.05) is 11.6 Å². The number of benzene rings is 2. The summed E-state index contributed by atoms with van der Waals surface area (Å²) in [7, 11) is 0. The minimum Gasteiger partial charge on any atom is -0.508 e. The molecular formula is C18H20ClNO4. The molecule has 0 spiro atoms. The van der Waals surface area contributed by atoms with Crippen LogP contribution in [0.5, 0.6) is 5.75 Å². The van der Waals surface area contributed by atoms with Crippen molar-refractivity contribution in [2.75, 3.05) is 13.1 Å². The Morgan fingerprint density at radius 3 is 2.58 bits per heavy atom. The Morgan fingerprint density at radius 2 is 1.92 bits per heavy atom. The summed E-state index contributed by atoms with van der Waals surface area (Å²) in [6.07, 6.45) is -0.767. The van der Waals surface area contributed by atoms with Gasteiger partial charge in [-0.25, -0.2) is 4.79 Å². The molecule has 0 aliphatic carbocycles. The van der Waals surface area contributed by atoms with Crippen molar-refractivity contribution < 1.29 is 20.1 Å². The van der Waals surface area contributed by atoms with Crippen LogP contribution in [0.15, 0.2) is 48.5 Å². The van der Waals surface area contributed by atoms with Gasteiger partial charge in [-0.2, -0.15) is 0 Å². The van der Waals surface area contributed by atoms with Crippen LogP contribution in [0.2, 0.25) is 5.02 Å². The first-order valence-corrected chi connectivity index (χ1v) is 8.03. The molecule has 2 rings (SSSR count). The lowest BCUT2D eigenvalue weighted by atomic mass is 10.1. The van der Waals surface area contributed by atoms with Crippen LogP contribution in [-0.4, -0.2) is 39.4 Å². The second kappa shape index (κ2) is 8.57. The molecule has 3 N–H and O–H groups in total. The average Bonchev–Trinajstić information content (AvgIpc) is 2.53. The zero-order valence-corrected chi connectivity index (χ0v) is 13.9. The normalized spacial score (nSPS) is 11.9. The standard InChI is InChI=1S/C18H20ClNO4/c19-15-7-2-6-14(11-15)17(22)12-20(18(23)24)9-3-5-13-4-1-8-16(21)10-13/h1-2,4,6-8,10-11,17,21-22H,3,5,9,12H2,(H,23,24)/t17-/m1/s1. The SMILES string of the molecule is O=C(O)N(CCCc1cccc(O)c1)C[C@@H](O)c1cccc(Cl)c1. The molecular weight excluding hydrogens is 330 g/mol. The lowest BCUT2D eigenvalue weighted by Crippen LogP contribution is -2.34. The van der Waals surface area contributed by atoms with Crippen LogP contribution in [0.25, 0.3) is 0 Å². The van der Waals surface area contributed by atoms with Crippen LogP contribution in [0, 0.1) is 0 Å². The summed E-state index contributed by atoms with van der Waals surface area (Å²) >= 11 is 5.89. The Kier molecular flexibility index (Phi) is 6.46. The minimum atomic E-state index is -1.08. The molecule has 0 radical (unpaired) electrons. The fraction of sp³-hybridized carbons (Fsp3) is 0.278. The number of rotatable bonds is 7. The highest BCUT2D eigenvalue weighted by molar-refractivity contribution is 6.30. The predicted octanol–water partition coefficient (Wildman–Crippen LogP) is 3.69. The monoisotopic (exact) mass is 349 g/mol. The van der Waals surface area contributed by atoms with Crippen LogP contribution in [0.1, 0.15) is 23.7 Å². The number of aliphatic hydroxyl groups is 1. The number of hydrogen-bond donors (Lipinski definition) is 3. The third kappa shape index (κ3) is 5.44. The van der Waals surface area contributed by atoms with E-state index in [0.29, 0.717) is 30.0 Å². The molecule has 0 heterocycles. The van der Waals surface area contributed by atoms with Gasteiger partial charge in [0.2, 0.25) is 0 Å². The number of phenolic OH excluding ortho intramolecular Hbond substituents is 1. The number of hydrogen-bond acceptors (Lipinski definition) is 3. The van der Waals surface area contributed by atoms with E-state index in [9.17, 15) is 20.1 Å². The summed E-state index contributed by atoms with van der Waals surface area (Å²) in [5.41, 5.74) is 1.53. The summed E-state index contributed by atoms with van der Waals surface area (Å²) in [6, 6.07) is 13.6. The number of amides is 1. The van der Waals surface area contributed by atoms with E-state index in [4.69, 9.17) is 11.6 Å². The van der Waals surface area contributed by atoms with Crippen molar-refractivity contribution in [3.05, 3.63) is 64.7 Å². The first-order chi connectivity index (χ1) is 11.5. The van der Waals surface area contributed by atoms with E-state index in [-0.39, 0.29) is 12.3 Å². The number of aliphatic hydroxyl groups excluding tert-OH is 1. The van der Waals surface area contributed by atoms with Gasteiger partial charge in [0.05, 0.1) is 12.6 Å². The maximum atomic E-state index is 11.4. The zero-order valence-electron chi connectivity index (χ0n) is 13.1. The van der Waals surface area contributed by atoms with E-state index >= 15 is 0 Å². The molecule has 0 saturated heterocycles. The van der Waals surface area contributed by atoms with Gasteiger partial charge >= 0.3 is 6.09 Å². The van der Waals surface area contributed by atoms with Crippen molar-refractivity contribution in [3.63, 3.8) is 0 Å². The molecule has 0 aliphatic heterocycles. The van der Waals surface area contributed by atoms with Crippen LogP contribution in [0.4, 0.5) is 4.79 Å². The van der Waals surface area contributed by atoms with E-state index in [1.165, 1.54) is 4.90 Å². The molecule has 0 aliphatic rings. The second-order valence-corrected chi connectivity index (χ2v) is 6.01. The molecule has 24 heavy (non-hydrogen) atoms. The van der Waals surface area contributed by atoms with E-state index in [0.717, 1.165) is 5.56 Å². The van der Waals surface area contributed by atoms with Crippen LogP contribution < -0.4 is 0 Å². The smallest absolute Gasteiger partial charge is 0.407 e. The second-order valence-electron chi connectivity index (χ2n) is 5.57. The number of nitrogens with zero attached hydrogens (tertiary/aromatic N) is 1. The van der Waals surface area contributed by atoms with Gasteiger partial charge in [-0.15, -0.1) is 0 Å². The number of carboxylic acid groups (broad SMARTS) is 1. The predicted molar refractivity (Wildman–Crippen MR) is 92.4 cm³/mol. The maximum Gasteiger partial charge on any atom is 0.407 e. The molecule has 1 amide bonds. The van der Waals surface area contributed by atoms with Crippen LogP contribution in [-0.2, 0) is 6.42 Å². The van der Waals surface area contributed by atoms with Gasteiger partial charge in [-0.05, 0) is 48.2 Å². The summed E-state index contributed by atoms with van der Waals surface area (Å²) < 4.78 is 0. The molecule has 0 unspecified atom stereocenters. The van der Waals surface area contributed by atoms with Crippen molar-refractivity contribution in [2.24, 2.45) is 0 Å². The largest absolute Gasteiger partial charge is 0.508 e. The quantitative estimate of drug-likeness (QED) is 0.712. The van der Waals surface area contributed by atoms with E-state index in [2.05, 4.69) is 0 Å². The molecule has 0 fully saturated rings. The Morgan fingerprint density at radius 1 is 1.17 bits per heavy atom. The summed E-state index contributed by atoms with van der Waals surface area (Å²) in [5, 5.41) is 29.5. The highest BCUT2D eigenvalue weighted by Gasteiger charge is 2.18. The molecule has 0 saturated carbocycles. The van der Waals surface area contributed by atoms with Crippen molar-refractivity contribution in [1.29, 1.82) is 0 Å². The van der Waals surface area contributed by atoms with Gasteiger partial charge < -0.3 is 20.2 Å². The number of carbonyl (C=O) groups is 1. The molecule has 2 aromatic rings. The fourth-order valence-corrected chi connectivity index (χ4v) is 2.68. The van der Waals surface area contributed by atoms with Crippen LogP contribution in [0.3, 0.4) is 0 Å². The minimum absolute atomic E-state index is 0.0181. The van der Waals surface area contributed by atoms with Crippen molar-refractivity contribution in [3.8, 4) is 5.75 Å². The lowest BCUT2D eigenvalue weighted by molar-refractivity contribution is 0.0962. The number of halogens is 1. The summed E-state index contributed by atoms with van der Waals surface area (Å²) in [4.78, 5) is 12.6. The van der Waals surface area contributed by atoms with E-state index in [1.807, 2.05) is 6.07 Å². The highest BCUT2D eigenvalue weighted by Crippen LogP contribution is 2.19. The summed E-state index contributed by atoms with van der Waals surface area (Å²) in [5.74, 6) is 0.193. The van der Waals surface area contributed by atoms with Gasteiger partial charge in [-0.1, -0.05) is 35.9 Å². The molecule has 6 heteroatoms. The van der Waals surface area contributed by atoms with Gasteiger partial charge in [0.15, 0.2) is 0 Å². The maximum absolute atomic E-state index is 11.4. The van der Waals surface area contributed by atoms with E-state index < -0.39 is 12.2 Å². The third-order valence-corrected chi connectivity index (χ3v) is 3.94. The molecule has 128 valence electrons. The fourth-order valence-electron chi connectivity index (χ4n) is 2.48. The topological polar surface area (TPSA) is 81.0 Å². The van der Waals surface area contributed by atoms with Gasteiger partial charge in [0.25, 0.3) is 0 Å². The molecule has 0 aromatic heterocycles. The zero-order chi connectivity index (χ0) is 17.5. The molecule has 1 atom stereocenters. The Hall–Kier alpha value is -2.24. The highest BCUT2D eigenvalue weighted by atomic mass is 35.5. The van der Waals surface area contributed by atoms with Crippen LogP contribution >= 0.6 is 11.6 Å². The first-order valence-electron chi connectivity index (χ1n) is 7.65. The Balaban J connectivity index is 1.91. The number of phenols is 1. The van der Waals surface area contributed by atoms with E-state index in [1.54, 1.807) is 42.5 Å². The average molecular weight is 350 g/mol. The lowest BCUT2D eigenvalue weighted by Gasteiger charge is -2.22. The third-order valence-electron chi connectivity index (χ3n) is 3.70. The summed E-state index contributed by atoms with van der Waals surface area (Å²) in [6.45, 7) is 0.276. The van der Waals surface area contributed by atoms with Gasteiger partial charge in [0.1, 0.15) is 5.75 Å². The Bertz CT molecular complexity index is 692. The number of aromatic hydroxyl groups is 1. The molecule has 5 nitrogen and oxygen atoms in total. The number of aryl methyl sites for hydroxylation is 1. The molecule has 2 aromatic carbocycles. The molecule has 0 bridgehead atoms. The van der Waals surface area contributed by atoms with Crippen molar-refractivity contribution in [2.45, 2.75) is 18.9 Å². The first kappa shape index (κ1) is 18.1. The van der Waals surface area contributed by atoms with Crippen molar-refractivity contribution >= 4 is 17.7 Å². The van der Waals surface area contributed by atoms with Gasteiger partial charge in [-0.3, -0.25) is 0 Å². The van der Waals surface area contributed by atoms with Crippen molar-refractivity contribution in [1.82, 2.24) is 4.90 Å².